The smallest absolute Gasteiger partial charge is 0.257 e. The van der Waals surface area contributed by atoms with Crippen LogP contribution in [-0.2, 0) is 9.84 Å². The van der Waals surface area contributed by atoms with Crippen LogP contribution < -0.4 is 4.74 Å². The van der Waals surface area contributed by atoms with E-state index in [0.29, 0.717) is 29.3 Å². The van der Waals surface area contributed by atoms with Crippen molar-refractivity contribution >= 4 is 27.3 Å². The average molecular weight is 380 g/mol. The number of methoxy groups -OCH3 is 1. The van der Waals surface area contributed by atoms with Gasteiger partial charge in [0, 0.05) is 18.1 Å². The highest BCUT2D eigenvalue weighted by Gasteiger charge is 2.36. The number of rotatable bonds is 4. The molecule has 1 fully saturated rings. The largest absolute Gasteiger partial charge is 0.496 e. The highest BCUT2D eigenvalue weighted by molar-refractivity contribution is 7.92. The number of sulfone groups is 1. The minimum absolute atomic E-state index is 0.158. The normalized spacial score (nSPS) is 17.5. The maximum Gasteiger partial charge on any atom is 0.257 e. The number of carbonyl (C=O) groups is 1. The SMILES string of the molecule is COc1ccc(Cl)cc1C(=O)N1CCC(S(=O)(=O)c2ccccc2)C1. The predicted molar refractivity (Wildman–Crippen MR) is 95.9 cm³/mol. The van der Waals surface area contributed by atoms with Gasteiger partial charge in [-0.1, -0.05) is 29.8 Å². The van der Waals surface area contributed by atoms with Crippen LogP contribution in [0.25, 0.3) is 0 Å². The first kappa shape index (κ1) is 17.8. The summed E-state index contributed by atoms with van der Waals surface area (Å²) < 4.78 is 30.7. The van der Waals surface area contributed by atoms with Crippen molar-refractivity contribution in [1.29, 1.82) is 0 Å². The van der Waals surface area contributed by atoms with Gasteiger partial charge in [-0.25, -0.2) is 8.42 Å². The van der Waals surface area contributed by atoms with E-state index in [9.17, 15) is 13.2 Å². The van der Waals surface area contributed by atoms with E-state index in [0.717, 1.165) is 0 Å². The zero-order valence-electron chi connectivity index (χ0n) is 13.7. The first-order valence-electron chi connectivity index (χ1n) is 7.85. The Bertz CT molecular complexity index is 883. The Morgan fingerprint density at radius 1 is 1.20 bits per heavy atom. The van der Waals surface area contributed by atoms with Gasteiger partial charge in [-0.05, 0) is 36.8 Å². The van der Waals surface area contributed by atoms with Gasteiger partial charge in [0.15, 0.2) is 9.84 Å². The minimum Gasteiger partial charge on any atom is -0.496 e. The van der Waals surface area contributed by atoms with E-state index in [2.05, 4.69) is 0 Å². The third-order valence-electron chi connectivity index (χ3n) is 4.33. The summed E-state index contributed by atoms with van der Waals surface area (Å²) >= 11 is 5.98. The summed E-state index contributed by atoms with van der Waals surface area (Å²) in [5.74, 6) is 0.147. The maximum atomic E-state index is 12.8. The van der Waals surface area contributed by atoms with Crippen LogP contribution in [0.15, 0.2) is 53.4 Å². The fourth-order valence-corrected chi connectivity index (χ4v) is 4.87. The second-order valence-electron chi connectivity index (χ2n) is 5.86. The Hall–Kier alpha value is -2.05. The molecule has 25 heavy (non-hydrogen) atoms. The zero-order chi connectivity index (χ0) is 18.0. The van der Waals surface area contributed by atoms with Gasteiger partial charge in [0.05, 0.1) is 22.8 Å². The van der Waals surface area contributed by atoms with Crippen LogP contribution in [-0.4, -0.2) is 44.7 Å². The Balaban J connectivity index is 1.82. The Morgan fingerprint density at radius 2 is 1.92 bits per heavy atom. The van der Waals surface area contributed by atoms with Gasteiger partial charge < -0.3 is 9.64 Å². The van der Waals surface area contributed by atoms with Crippen LogP contribution in [0, 0.1) is 0 Å². The van der Waals surface area contributed by atoms with E-state index >= 15 is 0 Å². The number of likely N-dealkylation sites (tertiary alicyclic amines) is 1. The summed E-state index contributed by atoms with van der Waals surface area (Å²) in [6.07, 6.45) is 0.409. The van der Waals surface area contributed by atoms with E-state index in [1.807, 2.05) is 0 Å². The Kier molecular flexibility index (Phi) is 5.01. The molecule has 1 aliphatic heterocycles. The van der Waals surface area contributed by atoms with Crippen LogP contribution in [0.1, 0.15) is 16.8 Å². The first-order chi connectivity index (χ1) is 11.9. The summed E-state index contributed by atoms with van der Waals surface area (Å²) in [6.45, 7) is 0.539. The van der Waals surface area contributed by atoms with Crippen molar-refractivity contribution in [2.24, 2.45) is 0 Å². The lowest BCUT2D eigenvalue weighted by atomic mass is 10.1. The van der Waals surface area contributed by atoms with Crippen molar-refractivity contribution in [3.05, 3.63) is 59.1 Å². The number of benzene rings is 2. The molecule has 0 radical (unpaired) electrons. The summed E-state index contributed by atoms with van der Waals surface area (Å²) in [6, 6.07) is 13.1. The lowest BCUT2D eigenvalue weighted by molar-refractivity contribution is 0.0790. The van der Waals surface area contributed by atoms with Crippen molar-refractivity contribution < 1.29 is 17.9 Å². The van der Waals surface area contributed by atoms with Gasteiger partial charge in [-0.2, -0.15) is 0 Å². The van der Waals surface area contributed by atoms with Crippen LogP contribution in [0.4, 0.5) is 0 Å². The number of amides is 1. The van der Waals surface area contributed by atoms with Crippen molar-refractivity contribution in [2.45, 2.75) is 16.6 Å². The van der Waals surface area contributed by atoms with Crippen LogP contribution in [0.2, 0.25) is 5.02 Å². The van der Waals surface area contributed by atoms with Gasteiger partial charge in [-0.15, -0.1) is 0 Å². The molecule has 0 aromatic heterocycles. The monoisotopic (exact) mass is 379 g/mol. The van der Waals surface area contributed by atoms with Gasteiger partial charge in [0.2, 0.25) is 0 Å². The van der Waals surface area contributed by atoms with E-state index in [1.165, 1.54) is 7.11 Å². The van der Waals surface area contributed by atoms with Gasteiger partial charge in [0.25, 0.3) is 5.91 Å². The average Bonchev–Trinajstić information content (AvgIpc) is 3.13. The molecule has 1 atom stereocenters. The van der Waals surface area contributed by atoms with E-state index in [-0.39, 0.29) is 17.3 Å². The molecule has 2 aromatic carbocycles. The van der Waals surface area contributed by atoms with E-state index in [1.54, 1.807) is 53.4 Å². The summed E-state index contributed by atoms with van der Waals surface area (Å²) in [5.41, 5.74) is 0.341. The second-order valence-corrected chi connectivity index (χ2v) is 8.53. The molecule has 0 saturated carbocycles. The first-order valence-corrected chi connectivity index (χ1v) is 9.77. The molecule has 0 bridgehead atoms. The second kappa shape index (κ2) is 7.06. The molecule has 1 heterocycles. The molecule has 7 heteroatoms. The van der Waals surface area contributed by atoms with Gasteiger partial charge in [0.1, 0.15) is 5.75 Å². The minimum atomic E-state index is -3.46. The van der Waals surface area contributed by atoms with E-state index in [4.69, 9.17) is 16.3 Å². The Morgan fingerprint density at radius 3 is 2.60 bits per heavy atom. The predicted octanol–water partition coefficient (Wildman–Crippen LogP) is 3.04. The third-order valence-corrected chi connectivity index (χ3v) is 6.76. The van der Waals surface area contributed by atoms with Crippen molar-refractivity contribution in [3.8, 4) is 5.75 Å². The quantitative estimate of drug-likeness (QED) is 0.819. The highest BCUT2D eigenvalue weighted by atomic mass is 35.5. The third kappa shape index (κ3) is 3.50. The molecule has 3 rings (SSSR count). The number of hydrogen-bond acceptors (Lipinski definition) is 4. The molecule has 1 aliphatic rings. The molecule has 5 nitrogen and oxygen atoms in total. The molecular weight excluding hydrogens is 362 g/mol. The maximum absolute atomic E-state index is 12.8. The Labute approximate surface area is 152 Å². The molecule has 0 aliphatic carbocycles. The number of hydrogen-bond donors (Lipinski definition) is 0. The number of nitrogens with zero attached hydrogens (tertiary/aromatic N) is 1. The molecular formula is C18H18ClNO4S. The molecule has 1 saturated heterocycles. The van der Waals surface area contributed by atoms with Gasteiger partial charge in [-0.3, -0.25) is 4.79 Å². The van der Waals surface area contributed by atoms with Crippen LogP contribution in [0.5, 0.6) is 5.75 Å². The molecule has 1 amide bonds. The zero-order valence-corrected chi connectivity index (χ0v) is 15.3. The van der Waals surface area contributed by atoms with E-state index < -0.39 is 15.1 Å². The summed E-state index contributed by atoms with van der Waals surface area (Å²) in [4.78, 5) is 14.6. The fourth-order valence-electron chi connectivity index (χ4n) is 2.99. The topological polar surface area (TPSA) is 63.7 Å². The number of ether oxygens (including phenoxy) is 1. The van der Waals surface area contributed by atoms with Crippen LogP contribution >= 0.6 is 11.6 Å². The fraction of sp³-hybridized carbons (Fsp3) is 0.278. The number of carbonyl (C=O) groups excluding carboxylic acids is 1. The molecule has 0 N–H and O–H groups in total. The number of halogens is 1. The van der Waals surface area contributed by atoms with Gasteiger partial charge >= 0.3 is 0 Å². The molecule has 2 aromatic rings. The lowest BCUT2D eigenvalue weighted by Crippen LogP contribution is -2.32. The summed E-state index contributed by atoms with van der Waals surface area (Å²) in [5, 5.41) is -0.180. The van der Waals surface area contributed by atoms with Crippen LogP contribution in [0.3, 0.4) is 0 Å². The van der Waals surface area contributed by atoms with Crippen molar-refractivity contribution in [2.75, 3.05) is 20.2 Å². The standard InChI is InChI=1S/C18H18ClNO4S/c1-24-17-8-7-13(19)11-16(17)18(21)20-10-9-15(12-20)25(22,23)14-5-3-2-4-6-14/h2-8,11,15H,9-10,12H2,1H3. The summed E-state index contributed by atoms with van der Waals surface area (Å²) in [7, 11) is -1.98. The highest BCUT2D eigenvalue weighted by Crippen LogP contribution is 2.28. The molecule has 1 unspecified atom stereocenters. The van der Waals surface area contributed by atoms with Crippen molar-refractivity contribution in [3.63, 3.8) is 0 Å². The molecule has 0 spiro atoms. The molecule has 132 valence electrons. The lowest BCUT2D eigenvalue weighted by Gasteiger charge is -2.18. The van der Waals surface area contributed by atoms with Crippen molar-refractivity contribution in [1.82, 2.24) is 4.90 Å².